The van der Waals surface area contributed by atoms with Crippen molar-refractivity contribution < 1.29 is 0 Å². The molecular formula is C20H44B2. The molecule has 0 spiro atoms. The van der Waals surface area contributed by atoms with Crippen molar-refractivity contribution in [1.82, 2.24) is 0 Å². The minimum Gasteiger partial charge on any atom is -0.0694 e. The van der Waals surface area contributed by atoms with E-state index < -0.39 is 0 Å². The van der Waals surface area contributed by atoms with Crippen LogP contribution in [0.25, 0.3) is 0 Å². The third-order valence-corrected chi connectivity index (χ3v) is 5.42. The Morgan fingerprint density at radius 1 is 0.318 bits per heavy atom. The van der Waals surface area contributed by atoms with Gasteiger partial charge in [-0.1, -0.05) is 130 Å². The monoisotopic (exact) mass is 306 g/mol. The van der Waals surface area contributed by atoms with Crippen LogP contribution in [0.2, 0.25) is 23.3 Å². The van der Waals surface area contributed by atoms with Gasteiger partial charge in [0.05, 0.1) is 0 Å². The van der Waals surface area contributed by atoms with Gasteiger partial charge in [0.25, 0.3) is 0 Å². The molecule has 0 fully saturated rings. The average molecular weight is 306 g/mol. The second-order valence-electron chi connectivity index (χ2n) is 8.80. The zero-order chi connectivity index (χ0) is 18.0. The van der Waals surface area contributed by atoms with E-state index in [0.717, 1.165) is 46.9 Å². The Morgan fingerprint density at radius 2 is 0.455 bits per heavy atom. The van der Waals surface area contributed by atoms with Gasteiger partial charge >= 0.3 is 0 Å². The minimum absolute atomic E-state index is 0.757. The van der Waals surface area contributed by atoms with Gasteiger partial charge in [0.1, 0.15) is 14.6 Å². The fraction of sp³-hybridized carbons (Fsp3) is 1.00. The van der Waals surface area contributed by atoms with E-state index in [1.165, 1.54) is 0 Å². The van der Waals surface area contributed by atoms with Crippen molar-refractivity contribution in [3.8, 4) is 0 Å². The lowest BCUT2D eigenvalue weighted by Gasteiger charge is -2.21. The van der Waals surface area contributed by atoms with Crippen molar-refractivity contribution in [3.63, 3.8) is 0 Å². The first-order valence-electron chi connectivity index (χ1n) is 9.59. The van der Waals surface area contributed by atoms with Crippen LogP contribution < -0.4 is 0 Å². The van der Waals surface area contributed by atoms with Crippen LogP contribution in [-0.4, -0.2) is 14.6 Å². The molecule has 2 heteroatoms. The molecule has 0 amide bonds. The zero-order valence-corrected chi connectivity index (χ0v) is 17.8. The van der Waals surface area contributed by atoms with Crippen LogP contribution in [0.3, 0.4) is 0 Å². The van der Waals surface area contributed by atoms with Crippen molar-refractivity contribution in [2.24, 2.45) is 23.7 Å². The number of hydrogen-bond donors (Lipinski definition) is 0. The Bertz CT molecular complexity index is 196. The van der Waals surface area contributed by atoms with Crippen LogP contribution in [0.15, 0.2) is 0 Å². The van der Waals surface area contributed by atoms with Crippen LogP contribution in [0.4, 0.5) is 0 Å². The fourth-order valence-corrected chi connectivity index (χ4v) is 1.85. The Balaban J connectivity index is 0. The van der Waals surface area contributed by atoms with Gasteiger partial charge in [-0.25, -0.2) is 0 Å². The summed E-state index contributed by atoms with van der Waals surface area (Å²) < 4.78 is 0. The Labute approximate surface area is 145 Å². The van der Waals surface area contributed by atoms with Gasteiger partial charge in [-0.2, -0.15) is 0 Å². The minimum atomic E-state index is 0.757. The van der Waals surface area contributed by atoms with E-state index in [9.17, 15) is 0 Å². The molecule has 0 bridgehead atoms. The second-order valence-corrected chi connectivity index (χ2v) is 8.80. The van der Waals surface area contributed by atoms with Crippen molar-refractivity contribution in [3.05, 3.63) is 0 Å². The summed E-state index contributed by atoms with van der Waals surface area (Å²) in [5.41, 5.74) is 0. The van der Waals surface area contributed by atoms with E-state index in [0.29, 0.717) is 0 Å². The first-order valence-corrected chi connectivity index (χ1v) is 9.59. The highest BCUT2D eigenvalue weighted by molar-refractivity contribution is 6.39. The first-order chi connectivity index (χ1) is 9.89. The van der Waals surface area contributed by atoms with Gasteiger partial charge in [0, 0.05) is 0 Å². The smallest absolute Gasteiger partial charge is 0.0694 e. The van der Waals surface area contributed by atoms with Gasteiger partial charge in [0.15, 0.2) is 0 Å². The van der Waals surface area contributed by atoms with Gasteiger partial charge in [-0.05, 0) is 0 Å². The van der Waals surface area contributed by atoms with E-state index in [2.05, 4.69) is 97.6 Å². The molecule has 4 unspecified atom stereocenters. The Kier molecular flexibility index (Phi) is 13.9. The van der Waals surface area contributed by atoms with E-state index in [4.69, 9.17) is 0 Å². The lowest BCUT2D eigenvalue weighted by molar-refractivity contribution is 0.575. The summed E-state index contributed by atoms with van der Waals surface area (Å²) in [6.45, 7) is 27.5. The first kappa shape index (κ1) is 24.4. The summed E-state index contributed by atoms with van der Waals surface area (Å²) in [6.07, 6.45) is 0. The van der Waals surface area contributed by atoms with Crippen molar-refractivity contribution in [2.45, 2.75) is 106 Å². The molecule has 0 aliphatic rings. The fourth-order valence-electron chi connectivity index (χ4n) is 1.85. The third-order valence-electron chi connectivity index (χ3n) is 5.42. The zero-order valence-electron chi connectivity index (χ0n) is 17.8. The third kappa shape index (κ3) is 12.7. The molecule has 0 saturated carbocycles. The molecule has 0 saturated heterocycles. The summed E-state index contributed by atoms with van der Waals surface area (Å²) in [6, 6.07) is 0. The molecule has 4 atom stereocenters. The van der Waals surface area contributed by atoms with Gasteiger partial charge in [0.2, 0.25) is 0 Å². The summed E-state index contributed by atoms with van der Waals surface area (Å²) in [7, 11) is 4.96. The number of hydrogen-bond acceptors (Lipinski definition) is 0. The molecule has 2 radical (unpaired) electrons. The number of rotatable bonds is 8. The van der Waals surface area contributed by atoms with E-state index in [-0.39, 0.29) is 0 Å². The van der Waals surface area contributed by atoms with Crippen LogP contribution >= 0.6 is 0 Å². The van der Waals surface area contributed by atoms with Crippen LogP contribution in [0.5, 0.6) is 0 Å². The molecule has 0 nitrogen and oxygen atoms in total. The van der Waals surface area contributed by atoms with E-state index >= 15 is 0 Å². The highest BCUT2D eigenvalue weighted by Crippen LogP contribution is 2.25. The molecular weight excluding hydrogens is 262 g/mol. The second kappa shape index (κ2) is 12.5. The summed E-state index contributed by atoms with van der Waals surface area (Å²) in [5.74, 6) is 6.18. The Hall–Kier alpha value is 0.130. The highest BCUT2D eigenvalue weighted by Gasteiger charge is 2.16. The standard InChI is InChI=1S/2C10H22B/c2*1-7(2)9(5)11-10(6)8(3)4/h2*7-10H,1-6H3. The van der Waals surface area contributed by atoms with Crippen molar-refractivity contribution >= 4 is 14.6 Å². The maximum absolute atomic E-state index is 2.48. The molecule has 0 aromatic carbocycles. The predicted molar refractivity (Wildman–Crippen MR) is 109 cm³/mol. The van der Waals surface area contributed by atoms with Crippen molar-refractivity contribution in [1.29, 1.82) is 0 Å². The quantitative estimate of drug-likeness (QED) is 0.415. The lowest BCUT2D eigenvalue weighted by atomic mass is 9.50. The summed E-state index contributed by atoms with van der Waals surface area (Å²) >= 11 is 0. The molecule has 130 valence electrons. The molecule has 0 heterocycles. The maximum Gasteiger partial charge on any atom is 0.117 e. The predicted octanol–water partition coefficient (Wildman–Crippen LogP) is 7.24. The summed E-state index contributed by atoms with van der Waals surface area (Å²) in [5, 5.41) is 0. The molecule has 22 heavy (non-hydrogen) atoms. The maximum atomic E-state index is 2.48. The molecule has 0 aliphatic carbocycles. The molecule has 0 aliphatic heterocycles. The van der Waals surface area contributed by atoms with Gasteiger partial charge in [-0.15, -0.1) is 0 Å². The largest absolute Gasteiger partial charge is 0.117 e. The van der Waals surface area contributed by atoms with Crippen LogP contribution in [-0.2, 0) is 0 Å². The molecule has 0 N–H and O–H groups in total. The van der Waals surface area contributed by atoms with Crippen molar-refractivity contribution in [2.75, 3.05) is 0 Å². The highest BCUT2D eigenvalue weighted by atomic mass is 14.1. The SMILES string of the molecule is CC(C)C(C)[B]C(C)C(C)C.CC(C)C(C)[B]C(C)C(C)C. The topological polar surface area (TPSA) is 0 Å². The molecule has 0 aromatic heterocycles. The normalized spacial score (nSPS) is 17.1. The summed E-state index contributed by atoms with van der Waals surface area (Å²) in [4.78, 5) is 0. The van der Waals surface area contributed by atoms with Crippen LogP contribution in [0.1, 0.15) is 83.1 Å². The van der Waals surface area contributed by atoms with E-state index in [1.54, 1.807) is 0 Å². The van der Waals surface area contributed by atoms with Crippen LogP contribution in [0, 0.1) is 23.7 Å². The molecule has 0 rings (SSSR count). The average Bonchev–Trinajstić information content (AvgIpc) is 2.38. The molecule has 0 aromatic rings. The van der Waals surface area contributed by atoms with Gasteiger partial charge < -0.3 is 0 Å². The van der Waals surface area contributed by atoms with Gasteiger partial charge in [-0.3, -0.25) is 0 Å². The lowest BCUT2D eigenvalue weighted by Crippen LogP contribution is -2.14. The Morgan fingerprint density at radius 3 is 0.545 bits per heavy atom. The van der Waals surface area contributed by atoms with E-state index in [1.807, 2.05) is 0 Å².